The number of rotatable bonds is 5. The number of halogens is 1. The van der Waals surface area contributed by atoms with Gasteiger partial charge in [-0.25, -0.2) is 0 Å². The van der Waals surface area contributed by atoms with E-state index in [1.54, 1.807) is 0 Å². The molecule has 0 N–H and O–H groups in total. The van der Waals surface area contributed by atoms with Gasteiger partial charge in [-0.15, -0.1) is 13.2 Å². The van der Waals surface area contributed by atoms with Gasteiger partial charge in [0.2, 0.25) is 0 Å². The fraction of sp³-hybridized carbons (Fsp3) is 0.154. The molecule has 1 aromatic carbocycles. The Balaban J connectivity index is 3.12. The second-order valence-corrected chi connectivity index (χ2v) is 4.17. The third kappa shape index (κ3) is 2.98. The quantitative estimate of drug-likeness (QED) is 0.770. The number of hydrogen-bond acceptors (Lipinski definition) is 2. The Bertz CT molecular complexity index is 422. The summed E-state index contributed by atoms with van der Waals surface area (Å²) in [7, 11) is 0. The van der Waals surface area contributed by atoms with Crippen molar-refractivity contribution in [2.24, 2.45) is 0 Å². The lowest BCUT2D eigenvalue weighted by Crippen LogP contribution is -2.23. The van der Waals surface area contributed by atoms with Gasteiger partial charge in [-0.3, -0.25) is 0 Å². The van der Waals surface area contributed by atoms with E-state index in [9.17, 15) is 0 Å². The summed E-state index contributed by atoms with van der Waals surface area (Å²) in [6.45, 7) is 8.82. The van der Waals surface area contributed by atoms with Crippen molar-refractivity contribution in [1.82, 2.24) is 0 Å². The maximum atomic E-state index is 9.08. The summed E-state index contributed by atoms with van der Waals surface area (Å²) in [5.41, 5.74) is 1.56. The Labute approximate surface area is 105 Å². The van der Waals surface area contributed by atoms with Crippen molar-refractivity contribution in [3.05, 3.63) is 53.5 Å². The highest BCUT2D eigenvalue weighted by Gasteiger charge is 2.08. The van der Waals surface area contributed by atoms with Crippen LogP contribution in [0, 0.1) is 11.3 Å². The summed E-state index contributed by atoms with van der Waals surface area (Å²) in [5, 5.41) is 9.08. The van der Waals surface area contributed by atoms with Gasteiger partial charge in [0.25, 0.3) is 0 Å². The highest BCUT2D eigenvalue weighted by Crippen LogP contribution is 2.23. The Hall–Kier alpha value is -1.53. The van der Waals surface area contributed by atoms with Crippen molar-refractivity contribution in [3.8, 4) is 6.07 Å². The molecule has 3 heteroatoms. The molecular formula is C13H13BrN2. The average Bonchev–Trinajstić information content (AvgIpc) is 2.28. The topological polar surface area (TPSA) is 27.0 Å². The molecule has 16 heavy (non-hydrogen) atoms. The molecule has 0 aliphatic heterocycles. The molecule has 0 saturated carbocycles. The molecule has 0 unspecified atom stereocenters. The first-order chi connectivity index (χ1) is 7.72. The van der Waals surface area contributed by atoms with Crippen LogP contribution in [0.5, 0.6) is 0 Å². The Morgan fingerprint density at radius 3 is 2.44 bits per heavy atom. The van der Waals surface area contributed by atoms with E-state index in [1.807, 2.05) is 35.3 Å². The molecule has 0 fully saturated rings. The molecule has 0 saturated heterocycles. The third-order valence-corrected chi connectivity index (χ3v) is 2.61. The van der Waals surface area contributed by atoms with E-state index in [0.717, 1.165) is 10.2 Å². The minimum atomic E-state index is 0.651. The number of hydrogen-bond donors (Lipinski definition) is 0. The van der Waals surface area contributed by atoms with Gasteiger partial charge in [0.05, 0.1) is 11.3 Å². The van der Waals surface area contributed by atoms with Crippen LogP contribution in [0.2, 0.25) is 0 Å². The molecule has 82 valence electrons. The zero-order valence-electron chi connectivity index (χ0n) is 8.99. The van der Waals surface area contributed by atoms with Gasteiger partial charge in [0.15, 0.2) is 0 Å². The summed E-state index contributed by atoms with van der Waals surface area (Å²) < 4.78 is 0.907. The van der Waals surface area contributed by atoms with Crippen molar-refractivity contribution in [1.29, 1.82) is 5.26 Å². The van der Waals surface area contributed by atoms with Gasteiger partial charge in [-0.1, -0.05) is 28.1 Å². The van der Waals surface area contributed by atoms with Gasteiger partial charge in [0, 0.05) is 17.6 Å². The Kier molecular flexibility index (Phi) is 4.81. The lowest BCUT2D eigenvalue weighted by Gasteiger charge is -2.22. The van der Waals surface area contributed by atoms with E-state index in [-0.39, 0.29) is 0 Å². The summed E-state index contributed by atoms with van der Waals surface area (Å²) in [6, 6.07) is 7.86. The molecule has 1 aromatic rings. The first-order valence-electron chi connectivity index (χ1n) is 4.89. The normalized spacial score (nSPS) is 9.25. The predicted octanol–water partition coefficient (Wildman–Crippen LogP) is 3.50. The second kappa shape index (κ2) is 6.14. The van der Waals surface area contributed by atoms with E-state index in [0.29, 0.717) is 18.7 Å². The van der Waals surface area contributed by atoms with Crippen LogP contribution in [0.4, 0.5) is 5.69 Å². The van der Waals surface area contributed by atoms with E-state index in [4.69, 9.17) is 5.26 Å². The van der Waals surface area contributed by atoms with Crippen molar-refractivity contribution in [2.45, 2.75) is 0 Å². The fourth-order valence-corrected chi connectivity index (χ4v) is 1.82. The van der Waals surface area contributed by atoms with Gasteiger partial charge in [-0.2, -0.15) is 5.26 Å². The molecule has 0 bridgehead atoms. The molecule has 1 rings (SSSR count). The third-order valence-electron chi connectivity index (χ3n) is 2.12. The lowest BCUT2D eigenvalue weighted by atomic mass is 10.1. The summed E-state index contributed by atoms with van der Waals surface area (Å²) in [4.78, 5) is 2.05. The molecular weight excluding hydrogens is 264 g/mol. The van der Waals surface area contributed by atoms with Gasteiger partial charge < -0.3 is 4.90 Å². The standard InChI is InChI=1S/C13H13BrN2/c1-3-7-16(8-4-2)13-6-5-12(14)9-11(13)10-15/h3-6,9H,1-2,7-8H2. The number of benzene rings is 1. The maximum absolute atomic E-state index is 9.08. The van der Waals surface area contributed by atoms with Crippen LogP contribution in [-0.4, -0.2) is 13.1 Å². The van der Waals surface area contributed by atoms with Crippen molar-refractivity contribution in [2.75, 3.05) is 18.0 Å². The van der Waals surface area contributed by atoms with Gasteiger partial charge in [0.1, 0.15) is 6.07 Å². The second-order valence-electron chi connectivity index (χ2n) is 3.26. The minimum Gasteiger partial charge on any atom is -0.363 e. The van der Waals surface area contributed by atoms with Crippen LogP contribution in [0.15, 0.2) is 48.0 Å². The van der Waals surface area contributed by atoms with Crippen molar-refractivity contribution in [3.63, 3.8) is 0 Å². The smallest absolute Gasteiger partial charge is 0.101 e. The maximum Gasteiger partial charge on any atom is 0.101 e. The monoisotopic (exact) mass is 276 g/mol. The first-order valence-corrected chi connectivity index (χ1v) is 5.68. The Morgan fingerprint density at radius 2 is 1.94 bits per heavy atom. The highest BCUT2D eigenvalue weighted by molar-refractivity contribution is 9.10. The van der Waals surface area contributed by atoms with Crippen LogP contribution in [0.3, 0.4) is 0 Å². The van der Waals surface area contributed by atoms with E-state index >= 15 is 0 Å². The van der Waals surface area contributed by atoms with E-state index in [1.165, 1.54) is 0 Å². The highest BCUT2D eigenvalue weighted by atomic mass is 79.9. The van der Waals surface area contributed by atoms with E-state index in [2.05, 4.69) is 35.2 Å². The molecule has 2 nitrogen and oxygen atoms in total. The van der Waals surface area contributed by atoms with E-state index < -0.39 is 0 Å². The lowest BCUT2D eigenvalue weighted by molar-refractivity contribution is 0.953. The fourth-order valence-electron chi connectivity index (χ4n) is 1.46. The summed E-state index contributed by atoms with van der Waals surface area (Å²) in [6.07, 6.45) is 3.62. The van der Waals surface area contributed by atoms with Crippen LogP contribution < -0.4 is 4.90 Å². The zero-order chi connectivity index (χ0) is 12.0. The van der Waals surface area contributed by atoms with Crippen molar-refractivity contribution >= 4 is 21.6 Å². The van der Waals surface area contributed by atoms with Crippen molar-refractivity contribution < 1.29 is 0 Å². The molecule has 0 heterocycles. The average molecular weight is 277 g/mol. The molecule has 0 aliphatic carbocycles. The summed E-state index contributed by atoms with van der Waals surface area (Å²) in [5.74, 6) is 0. The number of nitrogens with zero attached hydrogens (tertiary/aromatic N) is 2. The van der Waals surface area contributed by atoms with Crippen LogP contribution >= 0.6 is 15.9 Å². The van der Waals surface area contributed by atoms with Crippen LogP contribution in [0.1, 0.15) is 5.56 Å². The largest absolute Gasteiger partial charge is 0.363 e. The number of anilines is 1. The minimum absolute atomic E-state index is 0.651. The molecule has 0 spiro atoms. The molecule has 0 aliphatic rings. The SMILES string of the molecule is C=CCN(CC=C)c1ccc(Br)cc1C#N. The van der Waals surface area contributed by atoms with Crippen LogP contribution in [0.25, 0.3) is 0 Å². The Morgan fingerprint density at radius 1 is 1.31 bits per heavy atom. The zero-order valence-corrected chi connectivity index (χ0v) is 10.6. The molecule has 0 aromatic heterocycles. The van der Waals surface area contributed by atoms with Crippen LogP contribution in [-0.2, 0) is 0 Å². The molecule has 0 atom stereocenters. The molecule has 0 amide bonds. The van der Waals surface area contributed by atoms with Gasteiger partial charge >= 0.3 is 0 Å². The molecule has 0 radical (unpaired) electrons. The summed E-state index contributed by atoms with van der Waals surface area (Å²) >= 11 is 3.35. The number of nitriles is 1. The first kappa shape index (κ1) is 12.5. The predicted molar refractivity (Wildman–Crippen MR) is 71.5 cm³/mol. The van der Waals surface area contributed by atoms with Gasteiger partial charge in [-0.05, 0) is 18.2 Å².